The van der Waals surface area contributed by atoms with Crippen molar-refractivity contribution in [3.05, 3.63) is 125 Å². The van der Waals surface area contributed by atoms with Gasteiger partial charge < -0.3 is 10.1 Å². The van der Waals surface area contributed by atoms with Gasteiger partial charge in [-0.05, 0) is 49.2 Å². The second kappa shape index (κ2) is 11.3. The van der Waals surface area contributed by atoms with Gasteiger partial charge in [-0.2, -0.15) is 0 Å². The minimum Gasteiger partial charge on any atom is -0.497 e. The molecule has 0 aliphatic carbocycles. The molecule has 7 heteroatoms. The molecule has 0 aliphatic rings. The zero-order chi connectivity index (χ0) is 26.4. The first kappa shape index (κ1) is 26.0. The predicted molar refractivity (Wildman–Crippen MR) is 146 cm³/mol. The number of nitrogens with zero attached hydrogens (tertiary/aromatic N) is 1. The number of methoxy groups -OCH3 is 1. The molecule has 37 heavy (non-hydrogen) atoms. The Kier molecular flexibility index (Phi) is 7.94. The Morgan fingerprint density at radius 2 is 1.41 bits per heavy atom. The van der Waals surface area contributed by atoms with E-state index >= 15 is 0 Å². The fourth-order valence-electron chi connectivity index (χ4n) is 4.02. The van der Waals surface area contributed by atoms with Crippen LogP contribution < -0.4 is 14.4 Å². The monoisotopic (exact) mass is 514 g/mol. The molecule has 1 N–H and O–H groups in total. The van der Waals surface area contributed by atoms with Crippen molar-refractivity contribution < 1.29 is 17.9 Å². The molecule has 6 nitrogen and oxygen atoms in total. The lowest BCUT2D eigenvalue weighted by Crippen LogP contribution is -2.42. The van der Waals surface area contributed by atoms with Gasteiger partial charge in [0, 0.05) is 6.07 Å². The Morgan fingerprint density at radius 3 is 2.03 bits per heavy atom. The highest BCUT2D eigenvalue weighted by atomic mass is 32.2. The molecule has 190 valence electrons. The minimum atomic E-state index is -4.04. The number of ether oxygens (including phenoxy) is 1. The molecule has 1 amide bonds. The van der Waals surface area contributed by atoms with E-state index in [0.717, 1.165) is 26.6 Å². The summed E-state index contributed by atoms with van der Waals surface area (Å²) in [4.78, 5) is 13.6. The smallest absolute Gasteiger partial charge is 0.264 e. The highest BCUT2D eigenvalue weighted by Gasteiger charge is 2.29. The van der Waals surface area contributed by atoms with E-state index in [1.807, 2.05) is 68.4 Å². The molecular weight excluding hydrogens is 484 g/mol. The predicted octanol–water partition coefficient (Wildman–Crippen LogP) is 5.41. The third-order valence-electron chi connectivity index (χ3n) is 6.09. The molecule has 4 aromatic rings. The summed E-state index contributed by atoms with van der Waals surface area (Å²) >= 11 is 0. The summed E-state index contributed by atoms with van der Waals surface area (Å²) in [7, 11) is -2.53. The number of anilines is 1. The summed E-state index contributed by atoms with van der Waals surface area (Å²) in [5, 5.41) is 3.05. The van der Waals surface area contributed by atoms with Crippen LogP contribution in [0.4, 0.5) is 5.69 Å². The molecule has 1 atom stereocenters. The van der Waals surface area contributed by atoms with Gasteiger partial charge in [-0.3, -0.25) is 9.10 Å². The second-order valence-corrected chi connectivity index (χ2v) is 10.7. The van der Waals surface area contributed by atoms with Crippen LogP contribution in [-0.4, -0.2) is 28.0 Å². The molecular formula is C30H30N2O4S. The third kappa shape index (κ3) is 6.19. The average Bonchev–Trinajstić information content (AvgIpc) is 2.91. The zero-order valence-electron chi connectivity index (χ0n) is 21.1. The number of sulfonamides is 1. The number of hydrogen-bond acceptors (Lipinski definition) is 4. The standard InChI is InChI=1S/C30H30N2O4S/c1-22-12-16-25(17-13-22)30(24-8-5-4-6-9-24)31-29(33)21-32(26-10-7-11-27(20-26)36-3)37(34,35)28-18-14-23(2)15-19-28/h4-20,30H,21H2,1-3H3,(H,31,33)/t30-/m1/s1. The van der Waals surface area contributed by atoms with Crippen LogP contribution in [0.15, 0.2) is 108 Å². The van der Waals surface area contributed by atoms with Crippen molar-refractivity contribution in [3.8, 4) is 5.75 Å². The molecule has 0 aromatic heterocycles. The van der Waals surface area contributed by atoms with Crippen molar-refractivity contribution in [3.63, 3.8) is 0 Å². The lowest BCUT2D eigenvalue weighted by Gasteiger charge is -2.26. The molecule has 0 fully saturated rings. The molecule has 4 aromatic carbocycles. The number of benzene rings is 4. The largest absolute Gasteiger partial charge is 0.497 e. The Morgan fingerprint density at radius 1 is 0.811 bits per heavy atom. The maximum Gasteiger partial charge on any atom is 0.264 e. The SMILES string of the molecule is COc1cccc(N(CC(=O)N[C@H](c2ccccc2)c2ccc(C)cc2)S(=O)(=O)c2ccc(C)cc2)c1. The number of amides is 1. The van der Waals surface area contributed by atoms with Crippen LogP contribution in [0, 0.1) is 13.8 Å². The summed E-state index contributed by atoms with van der Waals surface area (Å²) in [5.41, 5.74) is 4.18. The van der Waals surface area contributed by atoms with Crippen LogP contribution in [-0.2, 0) is 14.8 Å². The van der Waals surface area contributed by atoms with Gasteiger partial charge in [-0.15, -0.1) is 0 Å². The number of carbonyl (C=O) groups is 1. The summed E-state index contributed by atoms with van der Waals surface area (Å²) < 4.78 is 33.9. The van der Waals surface area contributed by atoms with Crippen molar-refractivity contribution in [2.24, 2.45) is 0 Å². The van der Waals surface area contributed by atoms with Crippen LogP contribution in [0.2, 0.25) is 0 Å². The Bertz CT molecular complexity index is 1450. The van der Waals surface area contributed by atoms with E-state index in [4.69, 9.17) is 4.74 Å². The van der Waals surface area contributed by atoms with E-state index in [9.17, 15) is 13.2 Å². The van der Waals surface area contributed by atoms with Crippen molar-refractivity contribution in [2.45, 2.75) is 24.8 Å². The fourth-order valence-corrected chi connectivity index (χ4v) is 5.43. The first-order chi connectivity index (χ1) is 17.8. The van der Waals surface area contributed by atoms with Crippen LogP contribution in [0.1, 0.15) is 28.3 Å². The zero-order valence-corrected chi connectivity index (χ0v) is 21.9. The van der Waals surface area contributed by atoms with E-state index in [-0.39, 0.29) is 4.90 Å². The quantitative estimate of drug-likeness (QED) is 0.324. The van der Waals surface area contributed by atoms with Gasteiger partial charge in [0.05, 0.1) is 23.7 Å². The highest BCUT2D eigenvalue weighted by Crippen LogP contribution is 2.28. The van der Waals surface area contributed by atoms with Crippen molar-refractivity contribution in [1.82, 2.24) is 5.32 Å². The van der Waals surface area contributed by atoms with Gasteiger partial charge >= 0.3 is 0 Å². The molecule has 0 heterocycles. The molecule has 0 bridgehead atoms. The summed E-state index contributed by atoms with van der Waals surface area (Å²) in [6.07, 6.45) is 0. The summed E-state index contributed by atoms with van der Waals surface area (Å²) in [5.74, 6) is 0.0526. The maximum atomic E-state index is 13.7. The second-order valence-electron chi connectivity index (χ2n) is 8.85. The minimum absolute atomic E-state index is 0.104. The number of rotatable bonds is 9. The molecule has 0 spiro atoms. The molecule has 0 saturated heterocycles. The Labute approximate surface area is 218 Å². The molecule has 0 aliphatic heterocycles. The van der Waals surface area contributed by atoms with Crippen molar-refractivity contribution in [2.75, 3.05) is 18.0 Å². The molecule has 0 unspecified atom stereocenters. The van der Waals surface area contributed by atoms with E-state index in [2.05, 4.69) is 5.32 Å². The summed E-state index contributed by atoms with van der Waals surface area (Å²) in [6.45, 7) is 3.48. The number of aryl methyl sites for hydroxylation is 2. The Hall–Kier alpha value is -4.10. The third-order valence-corrected chi connectivity index (χ3v) is 7.87. The number of carbonyl (C=O) groups excluding carboxylic acids is 1. The van der Waals surface area contributed by atoms with Gasteiger partial charge in [0.15, 0.2) is 0 Å². The van der Waals surface area contributed by atoms with Crippen LogP contribution in [0.25, 0.3) is 0 Å². The lowest BCUT2D eigenvalue weighted by atomic mass is 9.98. The van der Waals surface area contributed by atoms with Crippen molar-refractivity contribution in [1.29, 1.82) is 0 Å². The van der Waals surface area contributed by atoms with E-state index in [0.29, 0.717) is 11.4 Å². The van der Waals surface area contributed by atoms with E-state index in [1.54, 1.807) is 48.5 Å². The van der Waals surface area contributed by atoms with Crippen LogP contribution in [0.5, 0.6) is 5.75 Å². The van der Waals surface area contributed by atoms with Gasteiger partial charge in [0.2, 0.25) is 5.91 Å². The normalized spacial score (nSPS) is 12.0. The van der Waals surface area contributed by atoms with E-state index < -0.39 is 28.5 Å². The summed E-state index contributed by atoms with van der Waals surface area (Å²) in [6, 6.07) is 30.3. The lowest BCUT2D eigenvalue weighted by molar-refractivity contribution is -0.120. The van der Waals surface area contributed by atoms with Gasteiger partial charge in [0.1, 0.15) is 12.3 Å². The number of nitrogens with one attached hydrogen (secondary N) is 1. The first-order valence-electron chi connectivity index (χ1n) is 11.9. The van der Waals surface area contributed by atoms with E-state index in [1.165, 1.54) is 7.11 Å². The highest BCUT2D eigenvalue weighted by molar-refractivity contribution is 7.92. The molecule has 0 radical (unpaired) electrons. The van der Waals surface area contributed by atoms with Crippen LogP contribution >= 0.6 is 0 Å². The molecule has 0 saturated carbocycles. The number of hydrogen-bond donors (Lipinski definition) is 1. The van der Waals surface area contributed by atoms with Gasteiger partial charge in [-0.1, -0.05) is 83.9 Å². The fraction of sp³-hybridized carbons (Fsp3) is 0.167. The first-order valence-corrected chi connectivity index (χ1v) is 13.4. The average molecular weight is 515 g/mol. The van der Waals surface area contributed by atoms with Gasteiger partial charge in [-0.25, -0.2) is 8.42 Å². The molecule has 4 rings (SSSR count). The van der Waals surface area contributed by atoms with Crippen molar-refractivity contribution >= 4 is 21.6 Å². The topological polar surface area (TPSA) is 75.7 Å². The Balaban J connectivity index is 1.69. The van der Waals surface area contributed by atoms with Crippen LogP contribution in [0.3, 0.4) is 0 Å². The maximum absolute atomic E-state index is 13.7. The van der Waals surface area contributed by atoms with Gasteiger partial charge in [0.25, 0.3) is 10.0 Å².